The van der Waals surface area contributed by atoms with Crippen LogP contribution in [0.3, 0.4) is 0 Å². The van der Waals surface area contributed by atoms with Crippen LogP contribution in [0.1, 0.15) is 25.0 Å². The van der Waals surface area contributed by atoms with Gasteiger partial charge in [0.2, 0.25) is 0 Å². The Labute approximate surface area is 110 Å². The number of ether oxygens (including phenoxy) is 1. The van der Waals surface area contributed by atoms with Gasteiger partial charge in [-0.3, -0.25) is 0 Å². The fraction of sp³-hybridized carbons (Fsp3) is 0.600. The number of hydrogen-bond acceptors (Lipinski definition) is 3. The zero-order valence-electron chi connectivity index (χ0n) is 11.7. The lowest BCUT2D eigenvalue weighted by atomic mass is 10.0. The third kappa shape index (κ3) is 3.72. The van der Waals surface area contributed by atoms with E-state index >= 15 is 0 Å². The van der Waals surface area contributed by atoms with Gasteiger partial charge in [0.05, 0.1) is 6.61 Å². The van der Waals surface area contributed by atoms with E-state index in [-0.39, 0.29) is 5.54 Å². The van der Waals surface area contributed by atoms with Crippen LogP contribution in [0.2, 0.25) is 0 Å². The summed E-state index contributed by atoms with van der Waals surface area (Å²) in [6, 6.07) is 6.56. The lowest BCUT2D eigenvalue weighted by Crippen LogP contribution is -2.44. The molecule has 0 saturated heterocycles. The Bertz CT molecular complexity index is 409. The molecule has 3 nitrogen and oxygen atoms in total. The van der Waals surface area contributed by atoms with Crippen molar-refractivity contribution < 1.29 is 4.74 Å². The van der Waals surface area contributed by atoms with Crippen LogP contribution in [0.5, 0.6) is 5.75 Å². The second-order valence-corrected chi connectivity index (χ2v) is 6.02. The SMILES string of the molecule is CN(CCc1ccc2c(c1)CCO2)CC(C)(C)N. The molecule has 0 aromatic heterocycles. The molecule has 2 N–H and O–H groups in total. The normalized spacial score (nSPS) is 14.7. The first kappa shape index (κ1) is 13.4. The monoisotopic (exact) mass is 248 g/mol. The number of nitrogens with zero attached hydrogens (tertiary/aromatic N) is 1. The van der Waals surface area contributed by atoms with Crippen LogP contribution < -0.4 is 10.5 Å². The lowest BCUT2D eigenvalue weighted by molar-refractivity contribution is 0.273. The number of fused-ring (bicyclic) bond motifs is 1. The molecule has 0 saturated carbocycles. The Morgan fingerprint density at radius 2 is 2.17 bits per heavy atom. The molecule has 0 atom stereocenters. The molecule has 0 bridgehead atoms. The van der Waals surface area contributed by atoms with E-state index in [1.165, 1.54) is 11.1 Å². The van der Waals surface area contributed by atoms with E-state index in [1.54, 1.807) is 0 Å². The van der Waals surface area contributed by atoms with E-state index in [2.05, 4.69) is 44.0 Å². The highest BCUT2D eigenvalue weighted by Gasteiger charge is 2.15. The summed E-state index contributed by atoms with van der Waals surface area (Å²) < 4.78 is 5.52. The largest absolute Gasteiger partial charge is 0.493 e. The summed E-state index contributed by atoms with van der Waals surface area (Å²) in [6.45, 7) is 6.92. The third-order valence-corrected chi connectivity index (χ3v) is 3.21. The maximum atomic E-state index is 6.02. The number of likely N-dealkylation sites (N-methyl/N-ethyl adjacent to an activating group) is 1. The van der Waals surface area contributed by atoms with E-state index in [9.17, 15) is 0 Å². The smallest absolute Gasteiger partial charge is 0.122 e. The maximum absolute atomic E-state index is 6.02. The van der Waals surface area contributed by atoms with Crippen LogP contribution >= 0.6 is 0 Å². The number of rotatable bonds is 5. The third-order valence-electron chi connectivity index (χ3n) is 3.21. The number of nitrogens with two attached hydrogens (primary N) is 1. The van der Waals surface area contributed by atoms with Gasteiger partial charge in [-0.1, -0.05) is 12.1 Å². The highest BCUT2D eigenvalue weighted by molar-refractivity contribution is 5.39. The van der Waals surface area contributed by atoms with Gasteiger partial charge in [-0.05, 0) is 44.5 Å². The van der Waals surface area contributed by atoms with E-state index in [0.29, 0.717) is 0 Å². The molecule has 1 aromatic carbocycles. The van der Waals surface area contributed by atoms with Crippen LogP contribution in [0, 0.1) is 0 Å². The van der Waals surface area contributed by atoms with Crippen molar-refractivity contribution in [3.63, 3.8) is 0 Å². The summed E-state index contributed by atoms with van der Waals surface area (Å²) >= 11 is 0. The highest BCUT2D eigenvalue weighted by atomic mass is 16.5. The summed E-state index contributed by atoms with van der Waals surface area (Å²) in [5, 5.41) is 0. The molecule has 0 fully saturated rings. The molecular weight excluding hydrogens is 224 g/mol. The van der Waals surface area contributed by atoms with Gasteiger partial charge in [-0.2, -0.15) is 0 Å². The van der Waals surface area contributed by atoms with Crippen LogP contribution in [0.25, 0.3) is 0 Å². The molecule has 1 aromatic rings. The van der Waals surface area contributed by atoms with E-state index in [1.807, 2.05) is 0 Å². The van der Waals surface area contributed by atoms with Gasteiger partial charge in [0.15, 0.2) is 0 Å². The van der Waals surface area contributed by atoms with Crippen LogP contribution in [-0.2, 0) is 12.8 Å². The first-order chi connectivity index (χ1) is 8.44. The fourth-order valence-corrected chi connectivity index (χ4v) is 2.49. The molecule has 0 amide bonds. The molecule has 0 spiro atoms. The minimum absolute atomic E-state index is 0.124. The first-order valence-corrected chi connectivity index (χ1v) is 6.66. The second-order valence-electron chi connectivity index (χ2n) is 6.02. The zero-order valence-corrected chi connectivity index (χ0v) is 11.7. The van der Waals surface area contributed by atoms with Crippen molar-refractivity contribution in [1.29, 1.82) is 0 Å². The van der Waals surface area contributed by atoms with Crippen molar-refractivity contribution in [2.45, 2.75) is 32.2 Å². The molecule has 18 heavy (non-hydrogen) atoms. The molecular formula is C15H24N2O. The van der Waals surface area contributed by atoms with Crippen molar-refractivity contribution in [3.8, 4) is 5.75 Å². The average Bonchev–Trinajstić information content (AvgIpc) is 2.71. The quantitative estimate of drug-likeness (QED) is 0.864. The lowest BCUT2D eigenvalue weighted by Gasteiger charge is -2.26. The zero-order chi connectivity index (χ0) is 13.2. The fourth-order valence-electron chi connectivity index (χ4n) is 2.49. The summed E-state index contributed by atoms with van der Waals surface area (Å²) in [7, 11) is 2.13. The number of benzene rings is 1. The van der Waals surface area contributed by atoms with Gasteiger partial charge in [0.25, 0.3) is 0 Å². The van der Waals surface area contributed by atoms with Gasteiger partial charge in [0.1, 0.15) is 5.75 Å². The standard InChI is InChI=1S/C15H24N2O/c1-15(2,16)11-17(3)8-6-12-4-5-14-13(10-12)7-9-18-14/h4-5,10H,6-9,11,16H2,1-3H3. The van der Waals surface area contributed by atoms with Gasteiger partial charge >= 0.3 is 0 Å². The second kappa shape index (κ2) is 5.29. The van der Waals surface area contributed by atoms with Crippen LogP contribution in [-0.4, -0.2) is 37.2 Å². The van der Waals surface area contributed by atoms with Crippen molar-refractivity contribution in [1.82, 2.24) is 4.90 Å². The van der Waals surface area contributed by atoms with Crippen molar-refractivity contribution in [2.75, 3.05) is 26.7 Å². The van der Waals surface area contributed by atoms with Gasteiger partial charge < -0.3 is 15.4 Å². The van der Waals surface area contributed by atoms with Crippen molar-refractivity contribution >= 4 is 0 Å². The molecule has 0 aliphatic carbocycles. The minimum atomic E-state index is -0.124. The summed E-state index contributed by atoms with van der Waals surface area (Å²) in [5.41, 5.74) is 8.64. The van der Waals surface area contributed by atoms with Gasteiger partial charge in [0, 0.05) is 25.0 Å². The van der Waals surface area contributed by atoms with Crippen LogP contribution in [0.4, 0.5) is 0 Å². The summed E-state index contributed by atoms with van der Waals surface area (Å²) in [6.07, 6.45) is 2.12. The average molecular weight is 248 g/mol. The van der Waals surface area contributed by atoms with Gasteiger partial charge in [-0.15, -0.1) is 0 Å². The predicted molar refractivity (Wildman–Crippen MR) is 75.1 cm³/mol. The number of hydrogen-bond donors (Lipinski definition) is 1. The Kier molecular flexibility index (Phi) is 3.93. The molecule has 1 aliphatic heterocycles. The molecule has 1 heterocycles. The van der Waals surface area contributed by atoms with E-state index in [4.69, 9.17) is 10.5 Å². The van der Waals surface area contributed by atoms with Gasteiger partial charge in [-0.25, -0.2) is 0 Å². The van der Waals surface area contributed by atoms with E-state index in [0.717, 1.165) is 38.3 Å². The minimum Gasteiger partial charge on any atom is -0.493 e. The Morgan fingerprint density at radius 1 is 1.39 bits per heavy atom. The summed E-state index contributed by atoms with van der Waals surface area (Å²) in [4.78, 5) is 2.30. The maximum Gasteiger partial charge on any atom is 0.122 e. The Hall–Kier alpha value is -1.06. The summed E-state index contributed by atoms with van der Waals surface area (Å²) in [5.74, 6) is 1.06. The molecule has 0 unspecified atom stereocenters. The van der Waals surface area contributed by atoms with E-state index < -0.39 is 0 Å². The van der Waals surface area contributed by atoms with Crippen LogP contribution in [0.15, 0.2) is 18.2 Å². The molecule has 0 radical (unpaired) electrons. The Morgan fingerprint density at radius 3 is 2.89 bits per heavy atom. The molecule has 2 rings (SSSR count). The topological polar surface area (TPSA) is 38.5 Å². The van der Waals surface area contributed by atoms with Crippen molar-refractivity contribution in [2.24, 2.45) is 5.73 Å². The predicted octanol–water partition coefficient (Wildman–Crippen LogP) is 1.83. The van der Waals surface area contributed by atoms with Crippen molar-refractivity contribution in [3.05, 3.63) is 29.3 Å². The molecule has 100 valence electrons. The highest BCUT2D eigenvalue weighted by Crippen LogP contribution is 2.26. The Balaban J connectivity index is 1.87. The molecule has 1 aliphatic rings. The first-order valence-electron chi connectivity index (χ1n) is 6.66. The molecule has 3 heteroatoms.